The van der Waals surface area contributed by atoms with E-state index in [-0.39, 0.29) is 0 Å². The van der Waals surface area contributed by atoms with E-state index in [2.05, 4.69) is 27.6 Å². The van der Waals surface area contributed by atoms with E-state index in [0.717, 1.165) is 36.3 Å². The first-order valence-corrected chi connectivity index (χ1v) is 9.82. The van der Waals surface area contributed by atoms with E-state index in [1.807, 2.05) is 30.6 Å². The lowest BCUT2D eigenvalue weighted by Gasteiger charge is -2.13. The highest BCUT2D eigenvalue weighted by molar-refractivity contribution is 5.79. The number of hydrogen-bond acceptors (Lipinski definition) is 3. The molecule has 140 valence electrons. The van der Waals surface area contributed by atoms with Gasteiger partial charge in [-0.15, -0.1) is 0 Å². The largest absolute Gasteiger partial charge is 0.357 e. The molecule has 3 rings (SSSR count). The van der Waals surface area contributed by atoms with Crippen molar-refractivity contribution in [3.63, 3.8) is 0 Å². The normalized spacial score (nSPS) is 15.3. The van der Waals surface area contributed by atoms with Gasteiger partial charge in [-0.25, -0.2) is 14.7 Å². The fourth-order valence-corrected chi connectivity index (χ4v) is 3.50. The van der Waals surface area contributed by atoms with E-state index in [9.17, 15) is 0 Å². The highest BCUT2D eigenvalue weighted by atomic mass is 15.3. The second-order valence-corrected chi connectivity index (χ2v) is 6.89. The standard InChI is InChI=1S/C20H30N6/c1-2-21-20(23-11-5-9-17-7-3-4-8-17)24-16-18-10-13-22-19(15-18)26-14-6-12-25-26/h6,10,12-15,17H,2-5,7-9,11,16H2,1H3,(H2,21,23,24). The average Bonchev–Trinajstić information content (AvgIpc) is 3.37. The van der Waals surface area contributed by atoms with Gasteiger partial charge in [-0.1, -0.05) is 25.7 Å². The highest BCUT2D eigenvalue weighted by Gasteiger charge is 2.14. The quantitative estimate of drug-likeness (QED) is 0.434. The number of aliphatic imine (C=N–C) groups is 1. The number of aromatic nitrogens is 3. The van der Waals surface area contributed by atoms with E-state index >= 15 is 0 Å². The minimum atomic E-state index is 0.620. The monoisotopic (exact) mass is 354 g/mol. The summed E-state index contributed by atoms with van der Waals surface area (Å²) in [5, 5.41) is 11.0. The number of rotatable bonds is 8. The summed E-state index contributed by atoms with van der Waals surface area (Å²) in [4.78, 5) is 9.08. The average molecular weight is 355 g/mol. The van der Waals surface area contributed by atoms with Gasteiger partial charge < -0.3 is 10.6 Å². The van der Waals surface area contributed by atoms with Crippen LogP contribution in [0.2, 0.25) is 0 Å². The molecule has 26 heavy (non-hydrogen) atoms. The molecule has 0 spiro atoms. The fraction of sp³-hybridized carbons (Fsp3) is 0.550. The van der Waals surface area contributed by atoms with Gasteiger partial charge in [0, 0.05) is 31.7 Å². The van der Waals surface area contributed by atoms with Gasteiger partial charge >= 0.3 is 0 Å². The molecule has 0 atom stereocenters. The summed E-state index contributed by atoms with van der Waals surface area (Å²) < 4.78 is 1.76. The maximum absolute atomic E-state index is 4.71. The Morgan fingerprint density at radius 3 is 2.92 bits per heavy atom. The maximum Gasteiger partial charge on any atom is 0.191 e. The van der Waals surface area contributed by atoms with E-state index in [4.69, 9.17) is 4.99 Å². The molecule has 2 aromatic heterocycles. The molecule has 0 saturated heterocycles. The van der Waals surface area contributed by atoms with Crippen molar-refractivity contribution in [2.24, 2.45) is 10.9 Å². The smallest absolute Gasteiger partial charge is 0.191 e. The van der Waals surface area contributed by atoms with Crippen LogP contribution in [0.1, 0.15) is 51.0 Å². The molecule has 0 aliphatic heterocycles. The summed E-state index contributed by atoms with van der Waals surface area (Å²) in [6.45, 7) is 4.56. The molecule has 6 heteroatoms. The number of nitrogens with zero attached hydrogens (tertiary/aromatic N) is 4. The molecule has 0 bridgehead atoms. The lowest BCUT2D eigenvalue weighted by Crippen LogP contribution is -2.37. The number of pyridine rings is 1. The fourth-order valence-electron chi connectivity index (χ4n) is 3.50. The van der Waals surface area contributed by atoms with Crippen molar-refractivity contribution in [1.82, 2.24) is 25.4 Å². The van der Waals surface area contributed by atoms with Gasteiger partial charge in [-0.05, 0) is 49.4 Å². The predicted octanol–water partition coefficient (Wildman–Crippen LogP) is 3.29. The molecule has 1 fully saturated rings. The number of hydrogen-bond donors (Lipinski definition) is 2. The molecule has 6 nitrogen and oxygen atoms in total. The molecule has 0 amide bonds. The SMILES string of the molecule is CCNC(=NCc1ccnc(-n2cccn2)c1)NCCCC1CCCC1. The van der Waals surface area contributed by atoms with Crippen LogP contribution in [0.15, 0.2) is 41.8 Å². The maximum atomic E-state index is 4.71. The van der Waals surface area contributed by atoms with Crippen molar-refractivity contribution in [2.45, 2.75) is 52.0 Å². The summed E-state index contributed by atoms with van der Waals surface area (Å²) in [5.74, 6) is 2.66. The lowest BCUT2D eigenvalue weighted by atomic mass is 10.0. The minimum Gasteiger partial charge on any atom is -0.357 e. The summed E-state index contributed by atoms with van der Waals surface area (Å²) in [6, 6.07) is 5.92. The van der Waals surface area contributed by atoms with Crippen molar-refractivity contribution in [3.05, 3.63) is 42.4 Å². The zero-order valence-electron chi connectivity index (χ0n) is 15.7. The van der Waals surface area contributed by atoms with Gasteiger partial charge in [-0.2, -0.15) is 5.10 Å². The van der Waals surface area contributed by atoms with E-state index in [1.165, 1.54) is 38.5 Å². The van der Waals surface area contributed by atoms with Crippen molar-refractivity contribution in [1.29, 1.82) is 0 Å². The Balaban J connectivity index is 1.50. The van der Waals surface area contributed by atoms with Crippen LogP contribution in [0.5, 0.6) is 0 Å². The Kier molecular flexibility index (Phi) is 7.05. The van der Waals surface area contributed by atoms with Gasteiger partial charge in [0.1, 0.15) is 0 Å². The van der Waals surface area contributed by atoms with Crippen LogP contribution in [0.3, 0.4) is 0 Å². The molecule has 0 aromatic carbocycles. The topological polar surface area (TPSA) is 67.1 Å². The van der Waals surface area contributed by atoms with Gasteiger partial charge in [-0.3, -0.25) is 0 Å². The molecule has 1 aliphatic rings. The Hall–Kier alpha value is -2.37. The van der Waals surface area contributed by atoms with Crippen LogP contribution in [-0.4, -0.2) is 33.8 Å². The van der Waals surface area contributed by atoms with Gasteiger partial charge in [0.2, 0.25) is 0 Å². The number of guanidine groups is 1. The first-order chi connectivity index (χ1) is 12.8. The van der Waals surface area contributed by atoms with Crippen molar-refractivity contribution in [2.75, 3.05) is 13.1 Å². The molecule has 2 aromatic rings. The zero-order valence-corrected chi connectivity index (χ0v) is 15.7. The molecule has 0 radical (unpaired) electrons. The third kappa shape index (κ3) is 5.58. The van der Waals surface area contributed by atoms with Crippen LogP contribution >= 0.6 is 0 Å². The van der Waals surface area contributed by atoms with E-state index in [0.29, 0.717) is 6.54 Å². The summed E-state index contributed by atoms with van der Waals surface area (Å²) >= 11 is 0. The first kappa shape index (κ1) is 18.4. The summed E-state index contributed by atoms with van der Waals surface area (Å²) in [6.07, 6.45) is 13.7. The van der Waals surface area contributed by atoms with Gasteiger partial charge in [0.15, 0.2) is 11.8 Å². The van der Waals surface area contributed by atoms with Crippen LogP contribution in [0.25, 0.3) is 5.82 Å². The van der Waals surface area contributed by atoms with Crippen molar-refractivity contribution >= 4 is 5.96 Å². The predicted molar refractivity (Wildman–Crippen MR) is 105 cm³/mol. The van der Waals surface area contributed by atoms with Gasteiger partial charge in [0.25, 0.3) is 0 Å². The third-order valence-electron chi connectivity index (χ3n) is 4.87. The van der Waals surface area contributed by atoms with Crippen LogP contribution in [0, 0.1) is 5.92 Å². The molecule has 1 aliphatic carbocycles. The zero-order chi connectivity index (χ0) is 18.0. The van der Waals surface area contributed by atoms with Crippen LogP contribution in [-0.2, 0) is 6.54 Å². The highest BCUT2D eigenvalue weighted by Crippen LogP contribution is 2.28. The number of nitrogens with one attached hydrogen (secondary N) is 2. The molecular weight excluding hydrogens is 324 g/mol. The molecule has 2 heterocycles. The van der Waals surface area contributed by atoms with Crippen molar-refractivity contribution in [3.8, 4) is 5.82 Å². The summed E-state index contributed by atoms with van der Waals surface area (Å²) in [5.41, 5.74) is 1.12. The van der Waals surface area contributed by atoms with Crippen molar-refractivity contribution < 1.29 is 0 Å². The van der Waals surface area contributed by atoms with Gasteiger partial charge in [0.05, 0.1) is 6.54 Å². The molecule has 0 unspecified atom stereocenters. The lowest BCUT2D eigenvalue weighted by molar-refractivity contribution is 0.481. The second-order valence-electron chi connectivity index (χ2n) is 6.89. The molecular formula is C20H30N6. The Morgan fingerprint density at radius 2 is 2.15 bits per heavy atom. The summed E-state index contributed by atoms with van der Waals surface area (Å²) in [7, 11) is 0. The molecule has 1 saturated carbocycles. The second kappa shape index (κ2) is 9.94. The Bertz CT molecular complexity index is 673. The first-order valence-electron chi connectivity index (χ1n) is 9.82. The molecule has 2 N–H and O–H groups in total. The Labute approximate surface area is 156 Å². The minimum absolute atomic E-state index is 0.620. The Morgan fingerprint density at radius 1 is 1.27 bits per heavy atom. The van der Waals surface area contributed by atoms with E-state index in [1.54, 1.807) is 10.9 Å². The van der Waals surface area contributed by atoms with Crippen LogP contribution < -0.4 is 10.6 Å². The third-order valence-corrected chi connectivity index (χ3v) is 4.87. The van der Waals surface area contributed by atoms with E-state index < -0.39 is 0 Å². The van der Waals surface area contributed by atoms with Crippen LogP contribution in [0.4, 0.5) is 0 Å².